The summed E-state index contributed by atoms with van der Waals surface area (Å²) in [6.07, 6.45) is 0. The smallest absolute Gasteiger partial charge is 0.261 e. The number of Topliss-reactive ketones (excluding diaryl/α,β-unsaturated/α-hetero) is 1. The number of hydrogen-bond acceptors (Lipinski definition) is 3. The zero-order valence-electron chi connectivity index (χ0n) is 15.6. The molecular formula is C22H20N2O3S. The van der Waals surface area contributed by atoms with Crippen molar-refractivity contribution >= 4 is 43.3 Å². The molecule has 142 valence electrons. The van der Waals surface area contributed by atoms with Crippen molar-refractivity contribution in [2.24, 2.45) is 0 Å². The molecule has 0 amide bonds. The Morgan fingerprint density at radius 2 is 1.61 bits per heavy atom. The zero-order chi connectivity index (χ0) is 19.9. The quantitative estimate of drug-likeness (QED) is 0.495. The van der Waals surface area contributed by atoms with Gasteiger partial charge in [0.25, 0.3) is 10.0 Å². The van der Waals surface area contributed by atoms with Crippen molar-refractivity contribution in [3.05, 3.63) is 72.3 Å². The Balaban J connectivity index is 1.75. The molecule has 0 aliphatic rings. The molecule has 1 N–H and O–H groups in total. The number of anilines is 1. The molecule has 0 aliphatic heterocycles. The van der Waals surface area contributed by atoms with Gasteiger partial charge in [0, 0.05) is 39.6 Å². The molecule has 0 fully saturated rings. The molecule has 4 rings (SSSR count). The summed E-state index contributed by atoms with van der Waals surface area (Å²) in [7, 11) is -3.74. The van der Waals surface area contributed by atoms with E-state index in [4.69, 9.17) is 0 Å². The van der Waals surface area contributed by atoms with Gasteiger partial charge in [0.1, 0.15) is 0 Å². The lowest BCUT2D eigenvalue weighted by atomic mass is 10.1. The first-order chi connectivity index (χ1) is 13.4. The summed E-state index contributed by atoms with van der Waals surface area (Å²) in [4.78, 5) is 11.5. The summed E-state index contributed by atoms with van der Waals surface area (Å²) in [6, 6.07) is 19.6. The van der Waals surface area contributed by atoms with E-state index in [-0.39, 0.29) is 10.7 Å². The van der Waals surface area contributed by atoms with E-state index in [2.05, 4.69) is 22.3 Å². The second-order valence-electron chi connectivity index (χ2n) is 6.68. The molecule has 0 spiro atoms. The van der Waals surface area contributed by atoms with Gasteiger partial charge in [0.15, 0.2) is 5.78 Å². The summed E-state index contributed by atoms with van der Waals surface area (Å²) in [5, 5.41) is 2.09. The highest BCUT2D eigenvalue weighted by molar-refractivity contribution is 7.92. The van der Waals surface area contributed by atoms with Gasteiger partial charge in [0.05, 0.1) is 4.90 Å². The molecule has 0 bridgehead atoms. The molecule has 0 unspecified atom stereocenters. The van der Waals surface area contributed by atoms with Crippen LogP contribution in [-0.2, 0) is 16.6 Å². The molecule has 0 aliphatic carbocycles. The lowest BCUT2D eigenvalue weighted by Gasteiger charge is -2.09. The highest BCUT2D eigenvalue weighted by Gasteiger charge is 2.16. The molecular weight excluding hydrogens is 372 g/mol. The average Bonchev–Trinajstić information content (AvgIpc) is 3.01. The fraction of sp³-hybridized carbons (Fsp3) is 0.136. The van der Waals surface area contributed by atoms with Crippen molar-refractivity contribution in [2.75, 3.05) is 4.72 Å². The van der Waals surface area contributed by atoms with Gasteiger partial charge in [-0.15, -0.1) is 0 Å². The van der Waals surface area contributed by atoms with Gasteiger partial charge in [-0.05, 0) is 50.2 Å². The molecule has 0 saturated carbocycles. The van der Waals surface area contributed by atoms with Gasteiger partial charge >= 0.3 is 0 Å². The molecule has 0 radical (unpaired) electrons. The molecule has 5 nitrogen and oxygen atoms in total. The topological polar surface area (TPSA) is 68.2 Å². The van der Waals surface area contributed by atoms with E-state index in [9.17, 15) is 13.2 Å². The van der Waals surface area contributed by atoms with Gasteiger partial charge in [-0.1, -0.05) is 30.3 Å². The Kier molecular flexibility index (Phi) is 4.43. The van der Waals surface area contributed by atoms with Crippen LogP contribution < -0.4 is 4.72 Å². The van der Waals surface area contributed by atoms with Crippen LogP contribution in [0.15, 0.2) is 71.6 Å². The number of hydrogen-bond donors (Lipinski definition) is 1. The number of para-hydroxylation sites is 1. The van der Waals surface area contributed by atoms with E-state index < -0.39 is 10.0 Å². The highest BCUT2D eigenvalue weighted by Crippen LogP contribution is 2.31. The summed E-state index contributed by atoms with van der Waals surface area (Å²) in [6.45, 7) is 4.37. The van der Waals surface area contributed by atoms with Gasteiger partial charge in [-0.25, -0.2) is 8.42 Å². The molecule has 0 saturated heterocycles. The van der Waals surface area contributed by atoms with Crippen molar-refractivity contribution in [2.45, 2.75) is 25.3 Å². The number of benzene rings is 3. The Bertz CT molecular complexity index is 1300. The third kappa shape index (κ3) is 3.05. The first-order valence-corrected chi connectivity index (χ1v) is 10.5. The Labute approximate surface area is 163 Å². The first kappa shape index (κ1) is 18.3. The minimum absolute atomic E-state index is 0.102. The predicted molar refractivity (Wildman–Crippen MR) is 112 cm³/mol. The molecule has 28 heavy (non-hydrogen) atoms. The third-order valence-electron chi connectivity index (χ3n) is 4.91. The maximum absolute atomic E-state index is 12.7. The zero-order valence-corrected chi connectivity index (χ0v) is 16.5. The second kappa shape index (κ2) is 6.80. The molecule has 6 heteroatoms. The number of aryl methyl sites for hydroxylation is 1. The Morgan fingerprint density at radius 3 is 2.29 bits per heavy atom. The molecule has 0 atom stereocenters. The average molecular weight is 392 g/mol. The number of sulfonamides is 1. The summed E-state index contributed by atoms with van der Waals surface area (Å²) in [5.74, 6) is -0.102. The maximum Gasteiger partial charge on any atom is 0.261 e. The molecule has 4 aromatic rings. The van der Waals surface area contributed by atoms with Gasteiger partial charge in [0.2, 0.25) is 0 Å². The Hall–Kier alpha value is -3.12. The highest BCUT2D eigenvalue weighted by atomic mass is 32.2. The van der Waals surface area contributed by atoms with E-state index in [1.807, 2.05) is 30.3 Å². The number of nitrogens with one attached hydrogen (secondary N) is 1. The number of carbonyl (C=O) groups is 1. The number of nitrogens with zero attached hydrogens (tertiary/aromatic N) is 1. The van der Waals surface area contributed by atoms with E-state index >= 15 is 0 Å². The monoisotopic (exact) mass is 392 g/mol. The van der Waals surface area contributed by atoms with Gasteiger partial charge in [-0.3, -0.25) is 9.52 Å². The van der Waals surface area contributed by atoms with E-state index in [0.29, 0.717) is 11.3 Å². The summed E-state index contributed by atoms with van der Waals surface area (Å²) >= 11 is 0. The minimum atomic E-state index is -3.74. The number of ketones is 1. The fourth-order valence-corrected chi connectivity index (χ4v) is 4.59. The largest absolute Gasteiger partial charge is 0.341 e. The maximum atomic E-state index is 12.7. The van der Waals surface area contributed by atoms with Gasteiger partial charge < -0.3 is 4.57 Å². The summed E-state index contributed by atoms with van der Waals surface area (Å²) in [5.41, 5.74) is 3.17. The van der Waals surface area contributed by atoms with E-state index in [1.54, 1.807) is 6.07 Å². The van der Waals surface area contributed by atoms with Gasteiger partial charge in [-0.2, -0.15) is 0 Å². The number of carbonyl (C=O) groups excluding carboxylic acids is 1. The first-order valence-electron chi connectivity index (χ1n) is 9.05. The van der Waals surface area contributed by atoms with E-state index in [0.717, 1.165) is 28.4 Å². The lowest BCUT2D eigenvalue weighted by Crippen LogP contribution is -2.13. The number of aromatic nitrogens is 1. The van der Waals surface area contributed by atoms with Crippen molar-refractivity contribution in [1.29, 1.82) is 0 Å². The summed E-state index contributed by atoms with van der Waals surface area (Å²) < 4.78 is 30.3. The van der Waals surface area contributed by atoms with Crippen LogP contribution in [0.4, 0.5) is 5.69 Å². The van der Waals surface area contributed by atoms with Crippen LogP contribution in [0, 0.1) is 0 Å². The Morgan fingerprint density at radius 1 is 0.929 bits per heavy atom. The second-order valence-corrected chi connectivity index (χ2v) is 8.36. The van der Waals surface area contributed by atoms with Crippen LogP contribution in [0.2, 0.25) is 0 Å². The fourth-order valence-electron chi connectivity index (χ4n) is 3.54. The van der Waals surface area contributed by atoms with Crippen molar-refractivity contribution in [3.63, 3.8) is 0 Å². The van der Waals surface area contributed by atoms with Crippen LogP contribution >= 0.6 is 0 Å². The minimum Gasteiger partial charge on any atom is -0.341 e. The molecule has 1 heterocycles. The SMILES string of the molecule is CCn1c2ccccc2c2cc(NS(=O)(=O)c3ccc(C(C)=O)cc3)ccc21. The van der Waals surface area contributed by atoms with Crippen LogP contribution in [-0.4, -0.2) is 18.8 Å². The number of fused-ring (bicyclic) bond motifs is 3. The number of rotatable bonds is 5. The van der Waals surface area contributed by atoms with Crippen molar-refractivity contribution < 1.29 is 13.2 Å². The normalized spacial score (nSPS) is 11.8. The van der Waals surface area contributed by atoms with Crippen molar-refractivity contribution in [3.8, 4) is 0 Å². The van der Waals surface area contributed by atoms with Crippen LogP contribution in [0.25, 0.3) is 21.8 Å². The molecule has 3 aromatic carbocycles. The predicted octanol–water partition coefficient (Wildman–Crippen LogP) is 4.82. The van der Waals surface area contributed by atoms with Crippen LogP contribution in [0.5, 0.6) is 0 Å². The third-order valence-corrected chi connectivity index (χ3v) is 6.31. The van der Waals surface area contributed by atoms with Crippen molar-refractivity contribution in [1.82, 2.24) is 4.57 Å². The van der Waals surface area contributed by atoms with E-state index in [1.165, 1.54) is 31.2 Å². The standard InChI is InChI=1S/C22H20N2O3S/c1-3-24-21-7-5-4-6-19(21)20-14-17(10-13-22(20)24)23-28(26,27)18-11-8-16(9-12-18)15(2)25/h4-14,23H,3H2,1-2H3. The van der Waals surface area contributed by atoms with Crippen LogP contribution in [0.1, 0.15) is 24.2 Å². The molecule has 1 aromatic heterocycles. The van der Waals surface area contributed by atoms with Crippen LogP contribution in [0.3, 0.4) is 0 Å². The lowest BCUT2D eigenvalue weighted by molar-refractivity contribution is 0.101.